The number of esters is 1. The molecule has 18 heavy (non-hydrogen) atoms. The number of hydrogen-bond donors (Lipinski definition) is 1. The van der Waals surface area contributed by atoms with Gasteiger partial charge in [-0.2, -0.15) is 0 Å². The Morgan fingerprint density at radius 3 is 2.28 bits per heavy atom. The molecule has 0 saturated carbocycles. The SMILES string of the molecule is CC1=C(O)C(=O)OC1[C@H](COC(C)C)OC(C)C. The summed E-state index contributed by atoms with van der Waals surface area (Å²) >= 11 is 0. The van der Waals surface area contributed by atoms with Crippen molar-refractivity contribution >= 4 is 5.97 Å². The Balaban J connectivity index is 2.74. The molecule has 1 rings (SSSR count). The van der Waals surface area contributed by atoms with E-state index >= 15 is 0 Å². The molecular formula is C13H22O5. The number of aliphatic hydroxyl groups is 1. The summed E-state index contributed by atoms with van der Waals surface area (Å²) in [7, 11) is 0. The molecular weight excluding hydrogens is 236 g/mol. The maximum Gasteiger partial charge on any atom is 0.374 e. The van der Waals surface area contributed by atoms with Crippen molar-refractivity contribution in [2.24, 2.45) is 0 Å². The summed E-state index contributed by atoms with van der Waals surface area (Å²) in [6.45, 7) is 9.63. The van der Waals surface area contributed by atoms with Gasteiger partial charge in [-0.3, -0.25) is 0 Å². The van der Waals surface area contributed by atoms with Gasteiger partial charge in [0.05, 0.1) is 18.8 Å². The van der Waals surface area contributed by atoms with Gasteiger partial charge in [0, 0.05) is 5.57 Å². The first kappa shape index (κ1) is 15.0. The maximum absolute atomic E-state index is 11.3. The number of hydrogen-bond acceptors (Lipinski definition) is 5. The minimum absolute atomic E-state index is 0.0139. The van der Waals surface area contributed by atoms with E-state index < -0.39 is 18.2 Å². The molecule has 0 amide bonds. The molecule has 0 fully saturated rings. The van der Waals surface area contributed by atoms with Gasteiger partial charge in [-0.15, -0.1) is 0 Å². The van der Waals surface area contributed by atoms with Gasteiger partial charge in [0.1, 0.15) is 6.10 Å². The van der Waals surface area contributed by atoms with Crippen LogP contribution in [0.25, 0.3) is 0 Å². The molecule has 1 unspecified atom stereocenters. The fourth-order valence-corrected chi connectivity index (χ4v) is 1.74. The first-order valence-electron chi connectivity index (χ1n) is 6.20. The molecule has 0 saturated heterocycles. The number of cyclic esters (lactones) is 1. The van der Waals surface area contributed by atoms with Crippen LogP contribution in [-0.2, 0) is 19.0 Å². The highest BCUT2D eigenvalue weighted by Crippen LogP contribution is 2.25. The molecule has 1 aliphatic heterocycles. The van der Waals surface area contributed by atoms with Crippen LogP contribution in [0.3, 0.4) is 0 Å². The number of carbonyl (C=O) groups excluding carboxylic acids is 1. The van der Waals surface area contributed by atoms with Crippen molar-refractivity contribution in [1.29, 1.82) is 0 Å². The van der Waals surface area contributed by atoms with E-state index in [1.54, 1.807) is 6.92 Å². The van der Waals surface area contributed by atoms with Gasteiger partial charge in [0.15, 0.2) is 6.10 Å². The third-order valence-corrected chi connectivity index (χ3v) is 2.61. The second kappa shape index (κ2) is 6.20. The predicted octanol–water partition coefficient (Wildman–Crippen LogP) is 1.96. The third-order valence-electron chi connectivity index (χ3n) is 2.61. The third kappa shape index (κ3) is 3.71. The molecule has 0 aromatic rings. The maximum atomic E-state index is 11.3. The highest BCUT2D eigenvalue weighted by molar-refractivity contribution is 5.89. The van der Waals surface area contributed by atoms with Crippen LogP contribution in [0.4, 0.5) is 0 Å². The van der Waals surface area contributed by atoms with E-state index in [9.17, 15) is 9.90 Å². The van der Waals surface area contributed by atoms with Crippen LogP contribution in [0, 0.1) is 0 Å². The van der Waals surface area contributed by atoms with E-state index in [1.807, 2.05) is 27.7 Å². The Morgan fingerprint density at radius 2 is 1.89 bits per heavy atom. The van der Waals surface area contributed by atoms with E-state index in [0.29, 0.717) is 12.2 Å². The fraction of sp³-hybridized carbons (Fsp3) is 0.769. The first-order chi connectivity index (χ1) is 8.32. The van der Waals surface area contributed by atoms with E-state index in [0.717, 1.165) is 0 Å². The van der Waals surface area contributed by atoms with Gasteiger partial charge >= 0.3 is 5.97 Å². The number of carbonyl (C=O) groups is 1. The first-order valence-corrected chi connectivity index (χ1v) is 6.20. The summed E-state index contributed by atoms with van der Waals surface area (Å²) in [4.78, 5) is 11.3. The zero-order valence-electron chi connectivity index (χ0n) is 11.6. The van der Waals surface area contributed by atoms with E-state index in [4.69, 9.17) is 14.2 Å². The van der Waals surface area contributed by atoms with Crippen molar-refractivity contribution in [3.05, 3.63) is 11.3 Å². The van der Waals surface area contributed by atoms with Crippen LogP contribution in [0.5, 0.6) is 0 Å². The average molecular weight is 258 g/mol. The minimum Gasteiger partial charge on any atom is -0.502 e. The molecule has 0 aromatic carbocycles. The summed E-state index contributed by atoms with van der Waals surface area (Å²) < 4.78 is 16.3. The van der Waals surface area contributed by atoms with Crippen LogP contribution < -0.4 is 0 Å². The molecule has 1 N–H and O–H groups in total. The van der Waals surface area contributed by atoms with Crippen LogP contribution in [0.1, 0.15) is 34.6 Å². The molecule has 0 radical (unpaired) electrons. The predicted molar refractivity (Wildman–Crippen MR) is 66.3 cm³/mol. The molecule has 0 aromatic heterocycles. The average Bonchev–Trinajstić information content (AvgIpc) is 2.51. The van der Waals surface area contributed by atoms with Gasteiger partial charge in [-0.25, -0.2) is 4.79 Å². The number of aliphatic hydroxyl groups excluding tert-OH is 1. The Bertz CT molecular complexity index is 332. The normalized spacial score (nSPS) is 21.9. The Hall–Kier alpha value is -1.07. The largest absolute Gasteiger partial charge is 0.502 e. The topological polar surface area (TPSA) is 65.0 Å². The van der Waals surface area contributed by atoms with Crippen molar-refractivity contribution in [3.8, 4) is 0 Å². The molecule has 1 aliphatic rings. The summed E-state index contributed by atoms with van der Waals surface area (Å²) in [5.41, 5.74) is 0.498. The lowest BCUT2D eigenvalue weighted by Crippen LogP contribution is -2.37. The van der Waals surface area contributed by atoms with Crippen LogP contribution in [0.2, 0.25) is 0 Å². The van der Waals surface area contributed by atoms with Crippen LogP contribution >= 0.6 is 0 Å². The van der Waals surface area contributed by atoms with Gasteiger partial charge in [0.25, 0.3) is 0 Å². The summed E-state index contributed by atoms with van der Waals surface area (Å²) in [5.74, 6) is -1.01. The van der Waals surface area contributed by atoms with E-state index in [-0.39, 0.29) is 18.0 Å². The Kier molecular flexibility index (Phi) is 5.16. The molecule has 1 heterocycles. The Labute approximate surface area is 108 Å². The minimum atomic E-state index is -0.695. The molecule has 0 bridgehead atoms. The second-order valence-electron chi connectivity index (χ2n) is 4.96. The lowest BCUT2D eigenvalue weighted by Gasteiger charge is -2.26. The highest BCUT2D eigenvalue weighted by Gasteiger charge is 2.38. The van der Waals surface area contributed by atoms with Crippen molar-refractivity contribution < 1.29 is 24.1 Å². The van der Waals surface area contributed by atoms with Crippen LogP contribution in [0.15, 0.2) is 11.3 Å². The fourth-order valence-electron chi connectivity index (χ4n) is 1.74. The van der Waals surface area contributed by atoms with Gasteiger partial charge in [0.2, 0.25) is 5.76 Å². The Morgan fingerprint density at radius 1 is 1.28 bits per heavy atom. The lowest BCUT2D eigenvalue weighted by molar-refractivity contribution is -0.154. The molecule has 5 nitrogen and oxygen atoms in total. The standard InChI is InChI=1S/C13H22O5/c1-7(2)16-6-10(17-8(3)4)12-9(5)11(14)13(15)18-12/h7-8,10,12,14H,6H2,1-5H3/t10-,12?/m0/s1. The van der Waals surface area contributed by atoms with E-state index in [2.05, 4.69) is 0 Å². The molecule has 104 valence electrons. The number of ether oxygens (including phenoxy) is 3. The molecule has 2 atom stereocenters. The lowest BCUT2D eigenvalue weighted by atomic mass is 10.1. The summed E-state index contributed by atoms with van der Waals surface area (Å²) in [5, 5.41) is 9.51. The monoisotopic (exact) mass is 258 g/mol. The van der Waals surface area contributed by atoms with Gasteiger partial charge in [-0.05, 0) is 34.6 Å². The second-order valence-corrected chi connectivity index (χ2v) is 4.96. The zero-order valence-corrected chi connectivity index (χ0v) is 11.6. The van der Waals surface area contributed by atoms with Gasteiger partial charge < -0.3 is 19.3 Å². The smallest absolute Gasteiger partial charge is 0.374 e. The van der Waals surface area contributed by atoms with Gasteiger partial charge in [-0.1, -0.05) is 0 Å². The van der Waals surface area contributed by atoms with E-state index in [1.165, 1.54) is 0 Å². The molecule has 0 spiro atoms. The molecule has 0 aliphatic carbocycles. The zero-order chi connectivity index (χ0) is 13.9. The summed E-state index contributed by atoms with van der Waals surface area (Å²) in [6, 6.07) is 0. The van der Waals surface area contributed by atoms with Crippen molar-refractivity contribution in [2.45, 2.75) is 59.0 Å². The van der Waals surface area contributed by atoms with Crippen molar-refractivity contribution in [3.63, 3.8) is 0 Å². The number of rotatable bonds is 6. The summed E-state index contributed by atoms with van der Waals surface area (Å²) in [6.07, 6.45) is -0.919. The quantitative estimate of drug-likeness (QED) is 0.738. The van der Waals surface area contributed by atoms with Crippen LogP contribution in [-0.4, -0.2) is 42.1 Å². The molecule has 5 heteroatoms. The van der Waals surface area contributed by atoms with Crippen molar-refractivity contribution in [2.75, 3.05) is 6.61 Å². The van der Waals surface area contributed by atoms with Crippen molar-refractivity contribution in [1.82, 2.24) is 0 Å². The highest BCUT2D eigenvalue weighted by atomic mass is 16.6.